The molecule has 0 aliphatic heterocycles. The maximum absolute atomic E-state index is 12.5. The first-order valence-electron chi connectivity index (χ1n) is 3.84. The van der Waals surface area contributed by atoms with E-state index in [9.17, 15) is 4.48 Å². The lowest BCUT2D eigenvalue weighted by Crippen LogP contribution is -2.20. The summed E-state index contributed by atoms with van der Waals surface area (Å²) in [6.45, 7) is 0. The lowest BCUT2D eigenvalue weighted by Gasteiger charge is -2.05. The van der Waals surface area contributed by atoms with E-state index in [-0.39, 0.29) is 11.0 Å². The highest BCUT2D eigenvalue weighted by Crippen LogP contribution is 2.15. The van der Waals surface area contributed by atoms with Crippen molar-refractivity contribution in [1.82, 2.24) is 4.98 Å². The van der Waals surface area contributed by atoms with Crippen molar-refractivity contribution in [1.29, 1.82) is 0 Å². The van der Waals surface area contributed by atoms with Gasteiger partial charge in [-0.25, -0.2) is 10.8 Å². The fourth-order valence-corrected chi connectivity index (χ4v) is 1.17. The summed E-state index contributed by atoms with van der Waals surface area (Å²) in [6.07, 6.45) is 0. The van der Waals surface area contributed by atoms with Crippen LogP contribution in [-0.4, -0.2) is 4.98 Å². The van der Waals surface area contributed by atoms with Crippen molar-refractivity contribution >= 4 is 16.7 Å². The molecule has 0 bridgehead atoms. The Hall–Kier alpha value is -1.68. The van der Waals surface area contributed by atoms with Crippen molar-refractivity contribution < 1.29 is 4.48 Å². The SMILES string of the molecule is NN(F)c1ccc2ccccc2n1. The molecule has 66 valence electrons. The molecule has 4 heteroatoms. The van der Waals surface area contributed by atoms with E-state index in [0.717, 1.165) is 10.9 Å². The van der Waals surface area contributed by atoms with Gasteiger partial charge < -0.3 is 0 Å². The number of benzene rings is 1. The number of anilines is 1. The molecule has 3 nitrogen and oxygen atoms in total. The minimum absolute atomic E-state index is 0.00639. The molecule has 0 fully saturated rings. The zero-order chi connectivity index (χ0) is 9.26. The number of nitrogens with two attached hydrogens (primary N) is 1. The molecular weight excluding hydrogens is 169 g/mol. The van der Waals surface area contributed by atoms with Gasteiger partial charge in [0.2, 0.25) is 0 Å². The number of halogens is 1. The largest absolute Gasteiger partial charge is 0.227 e. The second-order valence-electron chi connectivity index (χ2n) is 2.67. The Morgan fingerprint density at radius 1 is 1.15 bits per heavy atom. The van der Waals surface area contributed by atoms with Crippen LogP contribution >= 0.6 is 0 Å². The Kier molecular flexibility index (Phi) is 1.83. The molecule has 1 aromatic heterocycles. The number of aromatic nitrogens is 1. The standard InChI is InChI=1S/C9H8FN3/c10-13(11)9-6-5-7-3-1-2-4-8(7)12-9/h1-6H,11H2. The minimum atomic E-state index is 0.00639. The number of para-hydroxylation sites is 1. The van der Waals surface area contributed by atoms with Crippen LogP contribution in [-0.2, 0) is 0 Å². The topological polar surface area (TPSA) is 42.1 Å². The molecule has 0 radical (unpaired) electrons. The third kappa shape index (κ3) is 1.43. The predicted octanol–water partition coefficient (Wildman–Crippen LogP) is 1.80. The first kappa shape index (κ1) is 7.94. The average Bonchev–Trinajstić information content (AvgIpc) is 2.17. The quantitative estimate of drug-likeness (QED) is 0.410. The number of hydrogen-bond acceptors (Lipinski definition) is 3. The Bertz CT molecular complexity index is 428. The first-order chi connectivity index (χ1) is 6.27. The average molecular weight is 177 g/mol. The van der Waals surface area contributed by atoms with Gasteiger partial charge in [0.1, 0.15) is 0 Å². The number of fused-ring (bicyclic) bond motifs is 1. The Labute approximate surface area is 74.5 Å². The Morgan fingerprint density at radius 2 is 1.92 bits per heavy atom. The molecule has 0 aliphatic rings. The smallest absolute Gasteiger partial charge is 0.176 e. The molecule has 2 aromatic rings. The number of hydrogen-bond donors (Lipinski definition) is 1. The highest BCUT2D eigenvalue weighted by atomic mass is 19.2. The van der Waals surface area contributed by atoms with Gasteiger partial charge in [0.25, 0.3) is 0 Å². The van der Waals surface area contributed by atoms with E-state index in [2.05, 4.69) is 4.98 Å². The highest BCUT2D eigenvalue weighted by molar-refractivity contribution is 5.79. The second-order valence-corrected chi connectivity index (χ2v) is 2.67. The van der Waals surface area contributed by atoms with E-state index in [1.807, 2.05) is 24.3 Å². The molecule has 13 heavy (non-hydrogen) atoms. The maximum atomic E-state index is 12.5. The van der Waals surface area contributed by atoms with Gasteiger partial charge >= 0.3 is 0 Å². The fourth-order valence-electron chi connectivity index (χ4n) is 1.17. The van der Waals surface area contributed by atoms with Crippen molar-refractivity contribution in [3.63, 3.8) is 0 Å². The van der Waals surface area contributed by atoms with Crippen LogP contribution in [0.4, 0.5) is 10.3 Å². The fraction of sp³-hybridized carbons (Fsp3) is 0. The van der Waals surface area contributed by atoms with E-state index in [0.29, 0.717) is 0 Å². The zero-order valence-electron chi connectivity index (χ0n) is 6.81. The highest BCUT2D eigenvalue weighted by Gasteiger charge is 2.01. The van der Waals surface area contributed by atoms with Crippen LogP contribution in [0.5, 0.6) is 0 Å². The van der Waals surface area contributed by atoms with Gasteiger partial charge in [-0.3, -0.25) is 0 Å². The molecule has 0 saturated heterocycles. The van der Waals surface area contributed by atoms with E-state index >= 15 is 0 Å². The second kappa shape index (κ2) is 2.99. The van der Waals surface area contributed by atoms with Crippen molar-refractivity contribution in [2.75, 3.05) is 5.23 Å². The van der Waals surface area contributed by atoms with Crippen LogP contribution in [0.2, 0.25) is 0 Å². The van der Waals surface area contributed by atoms with Gasteiger partial charge in [0, 0.05) is 5.39 Å². The molecule has 0 unspecified atom stereocenters. The normalized spacial score (nSPS) is 10.3. The summed E-state index contributed by atoms with van der Waals surface area (Å²) >= 11 is 0. The molecule has 0 saturated carbocycles. The summed E-state index contributed by atoms with van der Waals surface area (Å²) in [7, 11) is 0. The Balaban J connectivity index is 2.62. The molecule has 2 rings (SSSR count). The van der Waals surface area contributed by atoms with Crippen molar-refractivity contribution in [2.24, 2.45) is 5.84 Å². The van der Waals surface area contributed by atoms with Crippen LogP contribution < -0.4 is 11.1 Å². The van der Waals surface area contributed by atoms with E-state index in [1.165, 1.54) is 6.07 Å². The summed E-state index contributed by atoms with van der Waals surface area (Å²) in [5.74, 6) is 5.02. The molecule has 0 atom stereocenters. The van der Waals surface area contributed by atoms with E-state index in [1.54, 1.807) is 6.07 Å². The predicted molar refractivity (Wildman–Crippen MR) is 49.5 cm³/mol. The summed E-state index contributed by atoms with van der Waals surface area (Å²) in [4.78, 5) is 4.00. The summed E-state index contributed by atoms with van der Waals surface area (Å²) < 4.78 is 12.5. The number of nitrogens with zero attached hydrogens (tertiary/aromatic N) is 2. The molecule has 1 heterocycles. The van der Waals surface area contributed by atoms with Gasteiger partial charge in [0.15, 0.2) is 5.82 Å². The van der Waals surface area contributed by atoms with Gasteiger partial charge in [-0.05, 0) is 18.2 Å². The van der Waals surface area contributed by atoms with Gasteiger partial charge in [0.05, 0.1) is 5.52 Å². The van der Waals surface area contributed by atoms with E-state index in [4.69, 9.17) is 5.84 Å². The summed E-state index contributed by atoms with van der Waals surface area (Å²) in [5, 5.41) is 0.972. The third-order valence-electron chi connectivity index (χ3n) is 1.80. The molecule has 1 aromatic carbocycles. The van der Waals surface area contributed by atoms with Crippen molar-refractivity contribution in [3.05, 3.63) is 36.4 Å². The molecule has 0 aliphatic carbocycles. The Morgan fingerprint density at radius 3 is 2.69 bits per heavy atom. The van der Waals surface area contributed by atoms with Gasteiger partial charge in [-0.2, -0.15) is 0 Å². The summed E-state index contributed by atoms with van der Waals surface area (Å²) in [6, 6.07) is 10.8. The van der Waals surface area contributed by atoms with Crippen LogP contribution in [0, 0.1) is 0 Å². The number of hydrazine groups is 1. The van der Waals surface area contributed by atoms with Gasteiger partial charge in [-0.15, -0.1) is 5.23 Å². The molecule has 0 spiro atoms. The van der Waals surface area contributed by atoms with Crippen LogP contribution in [0.25, 0.3) is 10.9 Å². The minimum Gasteiger partial charge on any atom is -0.227 e. The lowest BCUT2D eigenvalue weighted by molar-refractivity contribution is 0.439. The van der Waals surface area contributed by atoms with Gasteiger partial charge in [-0.1, -0.05) is 22.7 Å². The van der Waals surface area contributed by atoms with Crippen LogP contribution in [0.1, 0.15) is 0 Å². The number of rotatable bonds is 1. The molecular formula is C9H8FN3. The van der Waals surface area contributed by atoms with Crippen LogP contribution in [0.3, 0.4) is 0 Å². The third-order valence-corrected chi connectivity index (χ3v) is 1.80. The van der Waals surface area contributed by atoms with Crippen LogP contribution in [0.15, 0.2) is 36.4 Å². The zero-order valence-corrected chi connectivity index (χ0v) is 6.81. The summed E-state index contributed by atoms with van der Waals surface area (Å²) in [5.41, 5.74) is 0.730. The van der Waals surface area contributed by atoms with Crippen molar-refractivity contribution in [2.45, 2.75) is 0 Å². The molecule has 0 amide bonds. The first-order valence-corrected chi connectivity index (χ1v) is 3.84. The monoisotopic (exact) mass is 177 g/mol. The number of pyridine rings is 1. The van der Waals surface area contributed by atoms with E-state index < -0.39 is 0 Å². The lowest BCUT2D eigenvalue weighted by atomic mass is 10.2. The molecule has 2 N–H and O–H groups in total. The van der Waals surface area contributed by atoms with Crippen molar-refractivity contribution in [3.8, 4) is 0 Å². The maximum Gasteiger partial charge on any atom is 0.176 e.